The third-order valence-corrected chi connectivity index (χ3v) is 6.04. The summed E-state index contributed by atoms with van der Waals surface area (Å²) in [6, 6.07) is 12.4. The highest BCUT2D eigenvalue weighted by Gasteiger charge is 2.17. The number of sulfonamides is 1. The van der Waals surface area contributed by atoms with Gasteiger partial charge >= 0.3 is 5.97 Å². The Balaban J connectivity index is 1.80. The topological polar surface area (TPSA) is 119 Å². The smallest absolute Gasteiger partial charge is 0.321 e. The summed E-state index contributed by atoms with van der Waals surface area (Å²) in [6.07, 6.45) is 0. The molecule has 2 aromatic carbocycles. The van der Waals surface area contributed by atoms with Crippen LogP contribution in [0, 0.1) is 0 Å². The van der Waals surface area contributed by atoms with Crippen LogP contribution in [0.1, 0.15) is 35.8 Å². The number of hydrogen-bond acceptors (Lipinski definition) is 6. The molecular weight excluding hydrogens is 476 g/mol. The molecule has 2 N–H and O–H groups in total. The van der Waals surface area contributed by atoms with Crippen LogP contribution in [0.15, 0.2) is 57.9 Å². The lowest BCUT2D eigenvalue weighted by Gasteiger charge is -2.14. The molecule has 160 valence electrons. The number of ketones is 1. The molecule has 0 aliphatic heterocycles. The van der Waals surface area contributed by atoms with E-state index in [1.165, 1.54) is 31.2 Å². The zero-order valence-corrected chi connectivity index (χ0v) is 18.7. The van der Waals surface area contributed by atoms with Crippen LogP contribution in [-0.4, -0.2) is 39.2 Å². The van der Waals surface area contributed by atoms with Crippen molar-refractivity contribution < 1.29 is 27.5 Å². The van der Waals surface area contributed by atoms with Crippen LogP contribution in [0.5, 0.6) is 0 Å². The number of esters is 1. The van der Waals surface area contributed by atoms with Crippen molar-refractivity contribution in [3.63, 3.8) is 0 Å². The van der Waals surface area contributed by atoms with Gasteiger partial charge in [0.15, 0.2) is 12.4 Å². The maximum absolute atomic E-state index is 12.2. The molecule has 8 nitrogen and oxygen atoms in total. The molecule has 0 aromatic heterocycles. The van der Waals surface area contributed by atoms with E-state index in [-0.39, 0.29) is 16.7 Å². The van der Waals surface area contributed by atoms with Crippen LogP contribution < -0.4 is 10.0 Å². The Hall–Kier alpha value is -2.56. The number of nitrogens with one attached hydrogen (secondary N) is 2. The molecule has 0 saturated heterocycles. The lowest BCUT2D eigenvalue weighted by molar-refractivity contribution is -0.147. The van der Waals surface area contributed by atoms with Crippen LogP contribution >= 0.6 is 15.9 Å². The highest BCUT2D eigenvalue weighted by molar-refractivity contribution is 9.10. The van der Waals surface area contributed by atoms with Crippen molar-refractivity contribution in [1.29, 1.82) is 0 Å². The van der Waals surface area contributed by atoms with Gasteiger partial charge in [0.05, 0.1) is 10.9 Å². The summed E-state index contributed by atoms with van der Waals surface area (Å²) in [7, 11) is -3.96. The summed E-state index contributed by atoms with van der Waals surface area (Å²) < 4.78 is 32.2. The molecule has 30 heavy (non-hydrogen) atoms. The predicted molar refractivity (Wildman–Crippen MR) is 113 cm³/mol. The van der Waals surface area contributed by atoms with Gasteiger partial charge in [-0.1, -0.05) is 40.2 Å². The van der Waals surface area contributed by atoms with E-state index < -0.39 is 35.1 Å². The highest BCUT2D eigenvalue weighted by Crippen LogP contribution is 2.16. The van der Waals surface area contributed by atoms with Gasteiger partial charge in [-0.3, -0.25) is 14.4 Å². The fourth-order valence-corrected chi connectivity index (χ4v) is 3.65. The zero-order valence-electron chi connectivity index (χ0n) is 16.3. The molecule has 0 spiro atoms. The predicted octanol–water partition coefficient (Wildman–Crippen LogP) is 2.35. The second-order valence-corrected chi connectivity index (χ2v) is 9.09. The number of rotatable bonds is 9. The molecule has 0 aliphatic carbocycles. The number of hydrogen-bond donors (Lipinski definition) is 2. The normalized spacial score (nSPS) is 12.1. The maximum Gasteiger partial charge on any atom is 0.321 e. The van der Waals surface area contributed by atoms with Gasteiger partial charge in [-0.15, -0.1) is 0 Å². The van der Waals surface area contributed by atoms with Crippen molar-refractivity contribution in [2.75, 3.05) is 13.2 Å². The van der Waals surface area contributed by atoms with Crippen LogP contribution in [0.4, 0.5) is 0 Å². The van der Waals surface area contributed by atoms with E-state index in [4.69, 9.17) is 4.74 Å². The van der Waals surface area contributed by atoms with E-state index in [2.05, 4.69) is 26.0 Å². The third kappa shape index (κ3) is 7.05. The molecule has 0 radical (unpaired) electrons. The van der Waals surface area contributed by atoms with Crippen LogP contribution in [0.2, 0.25) is 0 Å². The summed E-state index contributed by atoms with van der Waals surface area (Å²) in [4.78, 5) is 34.9. The summed E-state index contributed by atoms with van der Waals surface area (Å²) >= 11 is 3.33. The number of benzene rings is 2. The molecule has 2 aromatic rings. The molecule has 2 rings (SSSR count). The van der Waals surface area contributed by atoms with Gasteiger partial charge in [-0.05, 0) is 43.7 Å². The third-order valence-electron chi connectivity index (χ3n) is 4.09. The molecule has 0 fully saturated rings. The minimum Gasteiger partial charge on any atom is -0.455 e. The van der Waals surface area contributed by atoms with Crippen molar-refractivity contribution in [3.8, 4) is 0 Å². The number of carbonyl (C=O) groups excluding carboxylic acids is 3. The quantitative estimate of drug-likeness (QED) is 0.406. The first-order chi connectivity index (χ1) is 14.1. The molecule has 0 saturated carbocycles. The van der Waals surface area contributed by atoms with Gasteiger partial charge in [0, 0.05) is 10.0 Å². The summed E-state index contributed by atoms with van der Waals surface area (Å²) in [5.74, 6) is -1.60. The van der Waals surface area contributed by atoms with Crippen molar-refractivity contribution >= 4 is 43.6 Å². The zero-order chi connectivity index (χ0) is 22.3. The van der Waals surface area contributed by atoms with Crippen molar-refractivity contribution in [2.45, 2.75) is 24.8 Å². The standard InChI is InChI=1S/C20H21BrN2O6S/c1-13(15-3-7-17(21)8-4-15)23-19(25)12-29-20(26)11-22-30(27,28)18-9-5-16(6-10-18)14(2)24/h3-10,13,22H,11-12H2,1-2H3,(H,23,25). The summed E-state index contributed by atoms with van der Waals surface area (Å²) in [6.45, 7) is 1.99. The van der Waals surface area contributed by atoms with Crippen molar-refractivity contribution in [1.82, 2.24) is 10.0 Å². The summed E-state index contributed by atoms with van der Waals surface area (Å²) in [5, 5.41) is 2.69. The molecule has 1 unspecified atom stereocenters. The number of Topliss-reactive ketones (excluding diaryl/α,β-unsaturated/α-hetero) is 1. The van der Waals surface area contributed by atoms with Crippen LogP contribution in [0.25, 0.3) is 0 Å². The molecule has 0 bridgehead atoms. The molecule has 0 heterocycles. The van der Waals surface area contributed by atoms with Crippen molar-refractivity contribution in [2.24, 2.45) is 0 Å². The average Bonchev–Trinajstić information content (AvgIpc) is 2.71. The van der Waals surface area contributed by atoms with E-state index in [1.807, 2.05) is 24.3 Å². The highest BCUT2D eigenvalue weighted by atomic mass is 79.9. The number of carbonyl (C=O) groups is 3. The Morgan fingerprint density at radius 1 is 1.03 bits per heavy atom. The Bertz CT molecular complexity index is 1020. The van der Waals surface area contributed by atoms with Gasteiger partial charge in [-0.2, -0.15) is 4.72 Å². The Kier molecular flexibility index (Phi) is 8.27. The fraction of sp³-hybridized carbons (Fsp3) is 0.250. The minimum absolute atomic E-state index is 0.0960. The van der Waals surface area contributed by atoms with Crippen LogP contribution in [-0.2, 0) is 24.3 Å². The molecular formula is C20H21BrN2O6S. The Labute approximate surface area is 183 Å². The first-order valence-corrected chi connectivity index (χ1v) is 11.2. The van der Waals surface area contributed by atoms with E-state index in [9.17, 15) is 22.8 Å². The van der Waals surface area contributed by atoms with Gasteiger partial charge in [0.1, 0.15) is 6.54 Å². The fourth-order valence-electron chi connectivity index (χ4n) is 2.42. The van der Waals surface area contributed by atoms with E-state index >= 15 is 0 Å². The minimum atomic E-state index is -3.96. The summed E-state index contributed by atoms with van der Waals surface area (Å²) in [5.41, 5.74) is 1.25. The van der Waals surface area contributed by atoms with Gasteiger partial charge < -0.3 is 10.1 Å². The SMILES string of the molecule is CC(=O)c1ccc(S(=O)(=O)NCC(=O)OCC(=O)NC(C)c2ccc(Br)cc2)cc1. The second kappa shape index (κ2) is 10.5. The largest absolute Gasteiger partial charge is 0.455 e. The number of amides is 1. The first-order valence-electron chi connectivity index (χ1n) is 8.89. The van der Waals surface area contributed by atoms with Gasteiger partial charge in [0.2, 0.25) is 10.0 Å². The number of ether oxygens (including phenoxy) is 1. The van der Waals surface area contributed by atoms with Crippen LogP contribution in [0.3, 0.4) is 0 Å². The lowest BCUT2D eigenvalue weighted by Crippen LogP contribution is -2.34. The second-order valence-electron chi connectivity index (χ2n) is 6.41. The average molecular weight is 497 g/mol. The Morgan fingerprint density at radius 3 is 2.20 bits per heavy atom. The van der Waals surface area contributed by atoms with Gasteiger partial charge in [-0.25, -0.2) is 8.42 Å². The Morgan fingerprint density at radius 2 is 1.63 bits per heavy atom. The molecule has 0 aliphatic rings. The van der Waals surface area contributed by atoms with E-state index in [0.29, 0.717) is 5.56 Å². The maximum atomic E-state index is 12.2. The van der Waals surface area contributed by atoms with E-state index in [0.717, 1.165) is 10.0 Å². The number of halogens is 1. The first kappa shape index (κ1) is 23.7. The lowest BCUT2D eigenvalue weighted by atomic mass is 10.1. The molecule has 1 atom stereocenters. The van der Waals surface area contributed by atoms with Crippen molar-refractivity contribution in [3.05, 3.63) is 64.1 Å². The van der Waals surface area contributed by atoms with E-state index in [1.54, 1.807) is 6.92 Å². The molecule has 1 amide bonds. The molecule has 10 heteroatoms. The van der Waals surface area contributed by atoms with Gasteiger partial charge in [0.25, 0.3) is 5.91 Å². The monoisotopic (exact) mass is 496 g/mol.